The molecule has 1 aliphatic heterocycles. The molecule has 2 spiro atoms. The van der Waals surface area contributed by atoms with Crippen LogP contribution in [0, 0.1) is 0 Å². The van der Waals surface area contributed by atoms with E-state index in [0.717, 1.165) is 13.1 Å². The van der Waals surface area contributed by atoms with Crippen LogP contribution in [-0.2, 0) is 15.6 Å². The Morgan fingerprint density at radius 2 is 0.397 bits per heavy atom. The van der Waals surface area contributed by atoms with Gasteiger partial charge in [0.05, 0.1) is 10.8 Å². The van der Waals surface area contributed by atoms with E-state index in [4.69, 9.17) is 5.73 Å². The van der Waals surface area contributed by atoms with Gasteiger partial charge in [-0.25, -0.2) is 0 Å². The average molecular weight is 835 g/mol. The number of rotatable bonds is 2. The normalized spacial score (nSPS) is 22.9. The lowest BCUT2D eigenvalue weighted by Crippen LogP contribution is -2.51. The van der Waals surface area contributed by atoms with E-state index in [9.17, 15) is 0 Å². The van der Waals surface area contributed by atoms with Crippen molar-refractivity contribution in [3.05, 3.63) is 22.3 Å². The minimum Gasteiger partial charge on any atom is -0.340 e. The molecule has 3 heteroatoms. The first kappa shape index (κ1) is 25.1. The standard InChI is InChI=1S/C65H10N2O/c66-2-1-5(68)67-3-64-60-52-44-34-24-16-8-6-7-10-14-12(8)20-28-22(14)32-26-18(10)19-11(7)15-13-9(6)17(16)25-31-21(13)29-23(15)33-27(19)37-36(26)46-40(32)50-42(28)48(38(44)30(20)24)56(60)58(50)62-54(46)55-47(37)41(33)51-43(29)49-39(31)45(35(25)34)53(52)61(64)57(49)59(51)63(55)65(62,64)4-67/h1-4,66H2. The van der Waals surface area contributed by atoms with Crippen molar-refractivity contribution in [3.63, 3.8) is 0 Å². The van der Waals surface area contributed by atoms with Gasteiger partial charge >= 0.3 is 0 Å². The first-order chi connectivity index (χ1) is 33.8. The Morgan fingerprint density at radius 3 is 0.529 bits per heavy atom. The second-order valence-corrected chi connectivity index (χ2v) is 25.3. The van der Waals surface area contributed by atoms with Gasteiger partial charge in [-0.2, -0.15) is 0 Å². The van der Waals surface area contributed by atoms with Crippen LogP contribution in [0.15, 0.2) is 0 Å². The van der Waals surface area contributed by atoms with E-state index in [-0.39, 0.29) is 16.7 Å². The number of hydrogen-bond donors (Lipinski definition) is 1. The van der Waals surface area contributed by atoms with Crippen LogP contribution in [0.1, 0.15) is 28.7 Å². The van der Waals surface area contributed by atoms with Gasteiger partial charge in [0.2, 0.25) is 5.91 Å². The van der Waals surface area contributed by atoms with Crippen molar-refractivity contribution in [2.24, 2.45) is 5.73 Å². The predicted molar refractivity (Wildman–Crippen MR) is 284 cm³/mol. The second-order valence-electron chi connectivity index (χ2n) is 25.3. The summed E-state index contributed by atoms with van der Waals surface area (Å²) in [4.78, 5) is 17.5. The lowest BCUT2D eigenvalue weighted by Gasteiger charge is -2.49. The lowest BCUT2D eigenvalue weighted by molar-refractivity contribution is -0.130. The molecule has 68 heavy (non-hydrogen) atoms. The molecule has 1 fully saturated rings. The zero-order valence-electron chi connectivity index (χ0n) is 34.8. The monoisotopic (exact) mass is 834 g/mol. The summed E-state index contributed by atoms with van der Waals surface area (Å²) in [5, 5.41) is 87.5. The molecule has 28 aromatic carbocycles. The lowest BCUT2D eigenvalue weighted by atomic mass is 9.50. The van der Waals surface area contributed by atoms with Crippen LogP contribution in [-0.4, -0.2) is 30.4 Å². The van der Waals surface area contributed by atoms with Gasteiger partial charge in [-0.05, 0) is 313 Å². The second kappa shape index (κ2) is 5.59. The number of nitrogens with two attached hydrogens (primary N) is 1. The Bertz CT molecular complexity index is 6550. The Kier molecular flexibility index (Phi) is 2.07. The van der Waals surface area contributed by atoms with Gasteiger partial charge in [-0.3, -0.25) is 4.79 Å². The number of nitrogens with zero attached hydrogens (tertiary/aromatic N) is 1. The maximum Gasteiger partial charge on any atom is 0.223 e. The number of amides is 1. The minimum absolute atomic E-state index is 0.253. The molecule has 0 unspecified atom stereocenters. The van der Waals surface area contributed by atoms with E-state index in [2.05, 4.69) is 4.90 Å². The molecule has 5 aliphatic rings. The minimum atomic E-state index is -0.386. The molecule has 28 aromatic rings. The van der Waals surface area contributed by atoms with Gasteiger partial charge in [0, 0.05) is 26.1 Å². The zero-order valence-corrected chi connectivity index (χ0v) is 34.8. The Balaban J connectivity index is 1.20. The predicted octanol–water partition coefficient (Wildman–Crippen LogP) is 15.5. The maximum atomic E-state index is 15.1. The van der Waals surface area contributed by atoms with Crippen molar-refractivity contribution in [3.8, 4) is 0 Å². The Labute approximate surface area is 369 Å². The number of benzene rings is 18. The van der Waals surface area contributed by atoms with Gasteiger partial charge in [0.15, 0.2) is 0 Å². The van der Waals surface area contributed by atoms with E-state index in [0.29, 0.717) is 13.0 Å². The van der Waals surface area contributed by atoms with Crippen molar-refractivity contribution in [2.75, 3.05) is 19.6 Å². The molecular formula is C65H10N2O. The molecule has 0 saturated carbocycles. The maximum absolute atomic E-state index is 15.1. The summed E-state index contributed by atoms with van der Waals surface area (Å²) in [6.45, 7) is 1.90. The zero-order chi connectivity index (χ0) is 40.5. The van der Waals surface area contributed by atoms with Crippen LogP contribution in [0.25, 0.3) is 291 Å². The van der Waals surface area contributed by atoms with Crippen molar-refractivity contribution >= 4 is 297 Å². The van der Waals surface area contributed by atoms with Crippen LogP contribution in [0.4, 0.5) is 0 Å². The Morgan fingerprint density at radius 1 is 0.265 bits per heavy atom. The summed E-state index contributed by atoms with van der Waals surface area (Å²) >= 11 is 0. The third-order valence-corrected chi connectivity index (χ3v) is 25.3. The fraction of sp³-hybridized carbons (Fsp3) is 0.0923. The van der Waals surface area contributed by atoms with E-state index < -0.39 is 0 Å². The molecule has 1 saturated heterocycles. The van der Waals surface area contributed by atoms with Crippen LogP contribution in [0.2, 0.25) is 0 Å². The molecule has 0 aromatic heterocycles. The molecule has 0 bridgehead atoms. The van der Waals surface area contributed by atoms with Crippen LogP contribution in [0.5, 0.6) is 0 Å². The van der Waals surface area contributed by atoms with Crippen LogP contribution in [0.3, 0.4) is 0 Å². The van der Waals surface area contributed by atoms with Crippen molar-refractivity contribution in [1.82, 2.24) is 4.90 Å². The van der Waals surface area contributed by atoms with E-state index in [1.807, 2.05) is 0 Å². The fourth-order valence-corrected chi connectivity index (χ4v) is 25.2. The van der Waals surface area contributed by atoms with Gasteiger partial charge in [-0.15, -0.1) is 0 Å². The van der Waals surface area contributed by atoms with Gasteiger partial charge < -0.3 is 10.6 Å². The molecule has 1 heterocycles. The highest BCUT2D eigenvalue weighted by atomic mass is 16.2. The quantitative estimate of drug-likeness (QED) is 0.176. The molecule has 0 atom stereocenters. The summed E-state index contributed by atoms with van der Waals surface area (Å²) in [5.41, 5.74) is 12.2. The Hall–Kier alpha value is -8.11. The largest absolute Gasteiger partial charge is 0.340 e. The molecule has 33 rings (SSSR count). The third-order valence-electron chi connectivity index (χ3n) is 25.3. The molecule has 4 aliphatic carbocycles. The molecule has 0 radical (unpaired) electrons. The molecule has 286 valence electrons. The number of hydrogen-bond acceptors (Lipinski definition) is 2. The van der Waals surface area contributed by atoms with Crippen LogP contribution < -0.4 is 5.73 Å². The smallest absolute Gasteiger partial charge is 0.223 e. The highest BCUT2D eigenvalue weighted by Gasteiger charge is 2.73. The van der Waals surface area contributed by atoms with Crippen molar-refractivity contribution < 1.29 is 4.79 Å². The first-order valence-electron chi connectivity index (χ1n) is 25.5. The summed E-state index contributed by atoms with van der Waals surface area (Å²) in [5.74, 6) is 0.253. The summed E-state index contributed by atoms with van der Waals surface area (Å²) < 4.78 is 0. The molecular weight excluding hydrogens is 825 g/mol. The van der Waals surface area contributed by atoms with Crippen molar-refractivity contribution in [1.29, 1.82) is 0 Å². The van der Waals surface area contributed by atoms with Gasteiger partial charge in [0.25, 0.3) is 0 Å². The number of likely N-dealkylation sites (tertiary alicyclic amines) is 1. The fourth-order valence-electron chi connectivity index (χ4n) is 25.2. The average Bonchev–Trinajstić information content (AvgIpc) is 4.24. The van der Waals surface area contributed by atoms with Gasteiger partial charge in [0.1, 0.15) is 0 Å². The number of carbonyl (C=O) groups excluding carboxylic acids is 1. The van der Waals surface area contributed by atoms with E-state index in [1.165, 1.54) is 0 Å². The topological polar surface area (TPSA) is 46.3 Å². The SMILES string of the molecule is NCCC(=O)N1CC23c4c5c6c7c8c9c(c%10c%11c2c2c4c4c%12c5c5c6c6c8c8c%13c9c9c%10c%10c%11c%11c2c2c4c4c%12c%12c5c5c6c8c6c8c%13c9c9c%10c%10c%11c2c2c4c4c%12c5c6c5c8c9c%10c2c45)C73C1. The van der Waals surface area contributed by atoms with E-state index in [1.54, 1.807) is 313 Å². The van der Waals surface area contributed by atoms with Crippen molar-refractivity contribution in [2.45, 2.75) is 17.3 Å². The molecule has 1 amide bonds. The summed E-state index contributed by atoms with van der Waals surface area (Å²) in [7, 11) is 0. The third kappa shape index (κ3) is 1.28. The van der Waals surface area contributed by atoms with E-state index >= 15 is 4.79 Å². The van der Waals surface area contributed by atoms with Crippen LogP contribution >= 0.6 is 0 Å². The summed E-state index contributed by atoms with van der Waals surface area (Å²) in [6, 6.07) is 0. The highest BCUT2D eigenvalue weighted by Crippen LogP contribution is 2.85. The highest BCUT2D eigenvalue weighted by molar-refractivity contribution is 6.82. The van der Waals surface area contributed by atoms with Gasteiger partial charge in [-0.1, -0.05) is 0 Å². The summed E-state index contributed by atoms with van der Waals surface area (Å²) in [6.07, 6.45) is 0.408. The molecule has 3 nitrogen and oxygen atoms in total. The number of carbonyl (C=O) groups is 1. The molecule has 2 N–H and O–H groups in total. The first-order valence-corrected chi connectivity index (χ1v) is 25.5.